The molecular formula is C21H25N3O4S. The number of pyridine rings is 1. The summed E-state index contributed by atoms with van der Waals surface area (Å²) in [6.07, 6.45) is 3.73. The van der Waals surface area contributed by atoms with Crippen molar-refractivity contribution < 1.29 is 13.2 Å². The lowest BCUT2D eigenvalue weighted by atomic mass is 10.1. The van der Waals surface area contributed by atoms with Crippen molar-refractivity contribution in [3.63, 3.8) is 0 Å². The first-order chi connectivity index (χ1) is 13.8. The molecule has 8 heteroatoms. The molecule has 0 aliphatic carbocycles. The summed E-state index contributed by atoms with van der Waals surface area (Å²) >= 11 is 0. The summed E-state index contributed by atoms with van der Waals surface area (Å²) in [7, 11) is -3.67. The molecule has 0 radical (unpaired) electrons. The second-order valence-corrected chi connectivity index (χ2v) is 9.73. The average Bonchev–Trinajstić information content (AvgIpc) is 3.35. The van der Waals surface area contributed by atoms with Crippen LogP contribution in [0.4, 0.5) is 5.69 Å². The van der Waals surface area contributed by atoms with Crippen molar-refractivity contribution in [1.29, 1.82) is 0 Å². The molecule has 2 aliphatic heterocycles. The van der Waals surface area contributed by atoms with Gasteiger partial charge in [-0.25, -0.2) is 8.42 Å². The van der Waals surface area contributed by atoms with Gasteiger partial charge in [-0.05, 0) is 50.8 Å². The largest absolute Gasteiger partial charge is 0.307 e. The van der Waals surface area contributed by atoms with E-state index in [0.717, 1.165) is 30.5 Å². The van der Waals surface area contributed by atoms with Crippen LogP contribution in [0.25, 0.3) is 0 Å². The number of sulfonamides is 1. The van der Waals surface area contributed by atoms with Crippen molar-refractivity contribution >= 4 is 21.6 Å². The number of benzene rings is 1. The number of hydrogen-bond acceptors (Lipinski definition) is 4. The van der Waals surface area contributed by atoms with Crippen LogP contribution in [0, 0.1) is 0 Å². The van der Waals surface area contributed by atoms with E-state index in [1.165, 1.54) is 27.2 Å². The van der Waals surface area contributed by atoms with Crippen LogP contribution in [0.2, 0.25) is 0 Å². The fraction of sp³-hybridized carbons (Fsp3) is 0.429. The van der Waals surface area contributed by atoms with Crippen LogP contribution >= 0.6 is 0 Å². The number of carbonyl (C=O) groups excluding carboxylic acids is 1. The summed E-state index contributed by atoms with van der Waals surface area (Å²) in [6.45, 7) is 4.58. The highest BCUT2D eigenvalue weighted by Gasteiger charge is 2.34. The number of amides is 1. The van der Waals surface area contributed by atoms with Crippen LogP contribution in [-0.4, -0.2) is 42.3 Å². The summed E-state index contributed by atoms with van der Waals surface area (Å²) in [6, 6.07) is 9.46. The lowest BCUT2D eigenvalue weighted by Crippen LogP contribution is -2.42. The van der Waals surface area contributed by atoms with Crippen LogP contribution in [0.15, 0.2) is 52.3 Å². The van der Waals surface area contributed by atoms with Crippen molar-refractivity contribution in [2.24, 2.45) is 0 Å². The lowest BCUT2D eigenvalue weighted by Gasteiger charge is -2.27. The van der Waals surface area contributed by atoms with Crippen molar-refractivity contribution in [1.82, 2.24) is 8.87 Å². The number of nitrogens with zero attached hydrogens (tertiary/aromatic N) is 3. The van der Waals surface area contributed by atoms with Crippen LogP contribution in [0.1, 0.15) is 38.3 Å². The van der Waals surface area contributed by atoms with E-state index in [-0.39, 0.29) is 16.8 Å². The molecule has 3 heterocycles. The van der Waals surface area contributed by atoms with Crippen LogP contribution in [0.3, 0.4) is 0 Å². The number of fused-ring (bicyclic) bond motifs is 1. The first kappa shape index (κ1) is 19.8. The summed E-state index contributed by atoms with van der Waals surface area (Å²) in [5.41, 5.74) is 1.55. The van der Waals surface area contributed by atoms with E-state index in [1.807, 2.05) is 31.2 Å². The Morgan fingerprint density at radius 2 is 1.79 bits per heavy atom. The quantitative estimate of drug-likeness (QED) is 0.767. The van der Waals surface area contributed by atoms with Crippen LogP contribution < -0.4 is 10.5 Å². The predicted molar refractivity (Wildman–Crippen MR) is 110 cm³/mol. The molecule has 4 rings (SSSR count). The molecule has 0 N–H and O–H groups in total. The first-order valence-corrected chi connectivity index (χ1v) is 11.4. The first-order valence-electron chi connectivity index (χ1n) is 9.94. The van der Waals surface area contributed by atoms with Crippen molar-refractivity contribution in [2.75, 3.05) is 18.0 Å². The molecule has 7 nitrogen and oxygen atoms in total. The third kappa shape index (κ3) is 3.40. The Morgan fingerprint density at radius 3 is 2.52 bits per heavy atom. The van der Waals surface area contributed by atoms with Gasteiger partial charge in [-0.1, -0.05) is 18.2 Å². The normalized spacial score (nSPS) is 20.6. The molecule has 2 aromatic rings. The average molecular weight is 416 g/mol. The molecular weight excluding hydrogens is 390 g/mol. The van der Waals surface area contributed by atoms with Gasteiger partial charge in [-0.2, -0.15) is 4.31 Å². The van der Waals surface area contributed by atoms with Crippen LogP contribution in [-0.2, 0) is 21.2 Å². The molecule has 1 amide bonds. The molecule has 1 fully saturated rings. The highest BCUT2D eigenvalue weighted by Crippen LogP contribution is 2.33. The number of para-hydroxylation sites is 1. The lowest BCUT2D eigenvalue weighted by molar-refractivity contribution is -0.121. The molecule has 0 saturated carbocycles. The van der Waals surface area contributed by atoms with Gasteiger partial charge < -0.3 is 9.47 Å². The maximum absolute atomic E-state index is 13.3. The number of hydrogen-bond donors (Lipinski definition) is 0. The Balaban J connectivity index is 1.68. The molecule has 2 aliphatic rings. The molecule has 1 aromatic heterocycles. The third-order valence-electron chi connectivity index (χ3n) is 5.83. The van der Waals surface area contributed by atoms with Gasteiger partial charge in [0.15, 0.2) is 0 Å². The van der Waals surface area contributed by atoms with E-state index in [0.29, 0.717) is 13.1 Å². The Hall–Kier alpha value is -2.45. The van der Waals surface area contributed by atoms with Gasteiger partial charge in [0.1, 0.15) is 6.04 Å². The monoisotopic (exact) mass is 415 g/mol. The maximum atomic E-state index is 13.3. The van der Waals surface area contributed by atoms with Crippen molar-refractivity contribution in [3.05, 3.63) is 58.5 Å². The maximum Gasteiger partial charge on any atom is 0.251 e. The fourth-order valence-corrected chi connectivity index (χ4v) is 5.76. The van der Waals surface area contributed by atoms with Gasteiger partial charge in [0.25, 0.3) is 5.56 Å². The minimum absolute atomic E-state index is 0.0189. The Morgan fingerprint density at radius 1 is 1.10 bits per heavy atom. The van der Waals surface area contributed by atoms with Gasteiger partial charge in [0.2, 0.25) is 15.9 Å². The zero-order valence-corrected chi connectivity index (χ0v) is 17.4. The molecule has 0 unspecified atom stereocenters. The van der Waals surface area contributed by atoms with E-state index in [2.05, 4.69) is 0 Å². The SMILES string of the molecule is C[C@H]1Cc2ccccc2N1C(=O)[C@H](C)n1cc(S(=O)(=O)N2CCCC2)ccc1=O. The fourth-order valence-electron chi connectivity index (χ4n) is 4.24. The Kier molecular flexibility index (Phi) is 5.08. The zero-order valence-electron chi connectivity index (χ0n) is 16.6. The van der Waals surface area contributed by atoms with Crippen LogP contribution in [0.5, 0.6) is 0 Å². The number of aromatic nitrogens is 1. The molecule has 1 saturated heterocycles. The van der Waals surface area contributed by atoms with Gasteiger partial charge in [0, 0.05) is 37.1 Å². The third-order valence-corrected chi connectivity index (χ3v) is 7.72. The summed E-state index contributed by atoms with van der Waals surface area (Å²) in [5.74, 6) is -0.222. The molecule has 154 valence electrons. The van der Waals surface area contributed by atoms with Gasteiger partial charge in [-0.3, -0.25) is 9.59 Å². The molecule has 1 aromatic carbocycles. The van der Waals surface area contributed by atoms with Crippen molar-refractivity contribution in [2.45, 2.75) is 50.1 Å². The Labute approximate surface area is 170 Å². The van der Waals surface area contributed by atoms with E-state index in [4.69, 9.17) is 0 Å². The van der Waals surface area contributed by atoms with Gasteiger partial charge in [0.05, 0.1) is 4.90 Å². The molecule has 0 bridgehead atoms. The summed E-state index contributed by atoms with van der Waals surface area (Å²) < 4.78 is 28.4. The highest BCUT2D eigenvalue weighted by molar-refractivity contribution is 7.89. The van der Waals surface area contributed by atoms with Gasteiger partial charge in [-0.15, -0.1) is 0 Å². The van der Waals surface area contributed by atoms with E-state index >= 15 is 0 Å². The number of rotatable bonds is 4. The minimum Gasteiger partial charge on any atom is -0.307 e. The van der Waals surface area contributed by atoms with E-state index in [1.54, 1.807) is 11.8 Å². The topological polar surface area (TPSA) is 79.7 Å². The zero-order chi connectivity index (χ0) is 20.8. The standard InChI is InChI=1S/C21H25N3O4S/c1-15-13-17-7-3-4-8-19(17)24(15)21(26)16(2)23-14-18(9-10-20(23)25)29(27,28)22-11-5-6-12-22/h3-4,7-10,14-16H,5-6,11-13H2,1-2H3/t15-,16-/m0/s1. The second kappa shape index (κ2) is 7.42. The Bertz CT molecular complexity index is 1100. The number of anilines is 1. The van der Waals surface area contributed by atoms with E-state index < -0.39 is 21.6 Å². The predicted octanol–water partition coefficient (Wildman–Crippen LogP) is 2.17. The number of carbonyl (C=O) groups is 1. The molecule has 0 spiro atoms. The smallest absolute Gasteiger partial charge is 0.251 e. The molecule has 29 heavy (non-hydrogen) atoms. The summed E-state index contributed by atoms with van der Waals surface area (Å²) in [5, 5.41) is 0. The van der Waals surface area contributed by atoms with Gasteiger partial charge >= 0.3 is 0 Å². The minimum atomic E-state index is -3.67. The van der Waals surface area contributed by atoms with E-state index in [9.17, 15) is 18.0 Å². The molecule has 2 atom stereocenters. The highest BCUT2D eigenvalue weighted by atomic mass is 32.2. The van der Waals surface area contributed by atoms with Crippen molar-refractivity contribution in [3.8, 4) is 0 Å². The second-order valence-electron chi connectivity index (χ2n) is 7.79. The summed E-state index contributed by atoms with van der Waals surface area (Å²) in [4.78, 5) is 27.6.